The molecule has 9 heteroatoms. The molecule has 0 spiro atoms. The molecule has 3 N–H and O–H groups in total. The lowest BCUT2D eigenvalue weighted by atomic mass is 9.86. The van der Waals surface area contributed by atoms with Crippen molar-refractivity contribution in [3.63, 3.8) is 0 Å². The second kappa shape index (κ2) is 10.8. The van der Waals surface area contributed by atoms with Crippen molar-refractivity contribution in [3.8, 4) is 5.88 Å². The van der Waals surface area contributed by atoms with Crippen molar-refractivity contribution in [2.75, 3.05) is 5.32 Å². The largest absolute Gasteiger partial charge is 0.473 e. The summed E-state index contributed by atoms with van der Waals surface area (Å²) in [4.78, 5) is 29.3. The summed E-state index contributed by atoms with van der Waals surface area (Å²) in [5.74, 6) is 0.409. The molecule has 1 saturated carbocycles. The van der Waals surface area contributed by atoms with Gasteiger partial charge in [-0.2, -0.15) is 0 Å². The number of nitrogens with two attached hydrogens (primary N) is 1. The Balaban J connectivity index is 0.000000878. The van der Waals surface area contributed by atoms with E-state index in [4.69, 9.17) is 32.7 Å². The van der Waals surface area contributed by atoms with Gasteiger partial charge in [0.05, 0.1) is 16.9 Å². The third-order valence-corrected chi connectivity index (χ3v) is 4.75. The first-order valence-electron chi connectivity index (χ1n) is 8.79. The second-order valence-corrected chi connectivity index (χ2v) is 7.19. The van der Waals surface area contributed by atoms with Crippen molar-refractivity contribution in [2.24, 2.45) is 11.7 Å². The molecule has 2 amide bonds. The number of ether oxygens (including phenoxy) is 1. The average Bonchev–Trinajstić information content (AvgIpc) is 2.67. The van der Waals surface area contributed by atoms with E-state index < -0.39 is 0 Å². The highest BCUT2D eigenvalue weighted by atomic mass is 35.5. The van der Waals surface area contributed by atoms with Gasteiger partial charge in [0, 0.05) is 17.8 Å². The van der Waals surface area contributed by atoms with Crippen molar-refractivity contribution >= 4 is 41.2 Å². The Kier molecular flexibility index (Phi) is 8.47. The van der Waals surface area contributed by atoms with Crippen LogP contribution >= 0.6 is 23.2 Å². The van der Waals surface area contributed by atoms with E-state index in [-0.39, 0.29) is 24.3 Å². The molecule has 0 atom stereocenters. The van der Waals surface area contributed by atoms with Gasteiger partial charge in [0.2, 0.25) is 18.2 Å². The lowest BCUT2D eigenvalue weighted by Gasteiger charge is -2.28. The van der Waals surface area contributed by atoms with Crippen LogP contribution < -0.4 is 15.8 Å². The number of nitrogens with one attached hydrogen (secondary N) is 1. The first-order valence-corrected chi connectivity index (χ1v) is 9.55. The molecule has 2 aromatic rings. The van der Waals surface area contributed by atoms with Gasteiger partial charge in [-0.05, 0) is 50.8 Å². The Morgan fingerprint density at radius 1 is 1.21 bits per heavy atom. The summed E-state index contributed by atoms with van der Waals surface area (Å²) in [6.07, 6.45) is 6.54. The van der Waals surface area contributed by atoms with E-state index >= 15 is 0 Å². The van der Waals surface area contributed by atoms with Crippen LogP contribution in [0.15, 0.2) is 30.6 Å². The molecule has 1 aliphatic rings. The van der Waals surface area contributed by atoms with E-state index in [2.05, 4.69) is 21.0 Å². The number of hydrogen-bond acceptors (Lipinski definition) is 5. The molecule has 0 aliphatic heterocycles. The van der Waals surface area contributed by atoms with E-state index in [0.717, 1.165) is 37.1 Å². The molecule has 1 fully saturated rings. The van der Waals surface area contributed by atoms with Gasteiger partial charge in [0.25, 0.3) is 0 Å². The van der Waals surface area contributed by atoms with Gasteiger partial charge in [0.1, 0.15) is 11.1 Å². The van der Waals surface area contributed by atoms with Gasteiger partial charge < -0.3 is 15.8 Å². The molecule has 2 aromatic heterocycles. The normalized spacial score (nSPS) is 18.4. The number of carbonyl (C=O) groups is 2. The van der Waals surface area contributed by atoms with E-state index in [1.54, 1.807) is 12.3 Å². The second-order valence-electron chi connectivity index (χ2n) is 6.35. The summed E-state index contributed by atoms with van der Waals surface area (Å²) in [7, 11) is 0. The molecular weight excluding hydrogens is 403 g/mol. The number of amides is 2. The maximum Gasteiger partial charge on any atom is 0.232 e. The van der Waals surface area contributed by atoms with Crippen molar-refractivity contribution in [2.45, 2.75) is 38.7 Å². The van der Waals surface area contributed by atoms with E-state index in [0.29, 0.717) is 15.9 Å². The predicted molar refractivity (Wildman–Crippen MR) is 108 cm³/mol. The van der Waals surface area contributed by atoms with Crippen LogP contribution in [0.2, 0.25) is 10.0 Å². The first-order chi connectivity index (χ1) is 13.4. The number of rotatable bonds is 4. The Morgan fingerprint density at radius 2 is 1.89 bits per heavy atom. The van der Waals surface area contributed by atoms with Crippen molar-refractivity contribution in [1.29, 1.82) is 0 Å². The van der Waals surface area contributed by atoms with Crippen LogP contribution in [-0.2, 0) is 9.59 Å². The lowest BCUT2D eigenvalue weighted by molar-refractivity contribution is -0.121. The molecule has 0 aromatic carbocycles. The molecule has 0 saturated heterocycles. The molecule has 7 nitrogen and oxygen atoms in total. The minimum Gasteiger partial charge on any atom is -0.473 e. The fraction of sp³-hybridized carbons (Fsp3) is 0.368. The number of nitrogens with zero attached hydrogens (tertiary/aromatic N) is 2. The molecule has 3 rings (SSSR count). The average molecular weight is 425 g/mol. The highest BCUT2D eigenvalue weighted by Gasteiger charge is 2.28. The van der Waals surface area contributed by atoms with Gasteiger partial charge >= 0.3 is 0 Å². The topological polar surface area (TPSA) is 107 Å². The van der Waals surface area contributed by atoms with Crippen LogP contribution in [0.25, 0.3) is 0 Å². The Labute approximate surface area is 173 Å². The fourth-order valence-corrected chi connectivity index (χ4v) is 3.30. The summed E-state index contributed by atoms with van der Waals surface area (Å²) in [5, 5.41) is 3.81. The summed E-state index contributed by atoms with van der Waals surface area (Å²) >= 11 is 11.9. The summed E-state index contributed by atoms with van der Waals surface area (Å²) in [6, 6.07) is 5.35. The first kappa shape index (κ1) is 21.9. The standard InChI is InChI=1S/C18H19Cl2N3O2.CH3NO/c1-11-2-5-14(10-21-11)23-17(24)12-3-6-15(7-4-12)25-18-16(20)8-13(19)9-22-18;2-1-3/h2,5,8-10,12,15H,3-4,6-7H2,1H3,(H,23,24);1H,(H2,2,3). The van der Waals surface area contributed by atoms with Gasteiger partial charge in [-0.1, -0.05) is 23.2 Å². The van der Waals surface area contributed by atoms with Crippen molar-refractivity contribution < 1.29 is 14.3 Å². The number of pyridine rings is 2. The predicted octanol–water partition coefficient (Wildman–Crippen LogP) is 3.77. The van der Waals surface area contributed by atoms with E-state index in [1.807, 2.05) is 19.1 Å². The number of aromatic nitrogens is 2. The maximum absolute atomic E-state index is 12.4. The number of aryl methyl sites for hydroxylation is 1. The SMILES string of the molecule is Cc1ccc(NC(=O)C2CCC(Oc3ncc(Cl)cc3Cl)CC2)cn1.NC=O. The summed E-state index contributed by atoms with van der Waals surface area (Å²) in [5.41, 5.74) is 5.82. The van der Waals surface area contributed by atoms with Crippen LogP contribution in [0, 0.1) is 12.8 Å². The maximum atomic E-state index is 12.4. The van der Waals surface area contributed by atoms with E-state index in [9.17, 15) is 4.79 Å². The van der Waals surface area contributed by atoms with Gasteiger partial charge in [-0.3, -0.25) is 14.6 Å². The Morgan fingerprint density at radius 3 is 2.46 bits per heavy atom. The molecule has 0 radical (unpaired) electrons. The van der Waals surface area contributed by atoms with Crippen molar-refractivity contribution in [1.82, 2.24) is 9.97 Å². The van der Waals surface area contributed by atoms with Crippen LogP contribution in [0.5, 0.6) is 5.88 Å². The van der Waals surface area contributed by atoms with Crippen LogP contribution in [0.1, 0.15) is 31.4 Å². The smallest absolute Gasteiger partial charge is 0.232 e. The monoisotopic (exact) mass is 424 g/mol. The molecule has 28 heavy (non-hydrogen) atoms. The number of hydrogen-bond donors (Lipinski definition) is 2. The molecule has 0 bridgehead atoms. The zero-order chi connectivity index (χ0) is 20.5. The summed E-state index contributed by atoms with van der Waals surface area (Å²) in [6.45, 7) is 1.91. The van der Waals surface area contributed by atoms with Gasteiger partial charge in [0.15, 0.2) is 0 Å². The minimum atomic E-state index is -0.0187. The third-order valence-electron chi connectivity index (χ3n) is 4.28. The van der Waals surface area contributed by atoms with Crippen LogP contribution in [-0.4, -0.2) is 28.4 Å². The number of carbonyl (C=O) groups excluding carboxylic acids is 2. The summed E-state index contributed by atoms with van der Waals surface area (Å²) < 4.78 is 5.86. The fourth-order valence-electron chi connectivity index (χ4n) is 2.88. The van der Waals surface area contributed by atoms with Crippen molar-refractivity contribution in [3.05, 3.63) is 46.3 Å². The van der Waals surface area contributed by atoms with Crippen LogP contribution in [0.4, 0.5) is 5.69 Å². The highest BCUT2D eigenvalue weighted by molar-refractivity contribution is 6.35. The molecule has 2 heterocycles. The number of anilines is 1. The number of primary amides is 1. The third kappa shape index (κ3) is 6.65. The molecular formula is C19H22Cl2N4O3. The number of halogens is 2. The lowest BCUT2D eigenvalue weighted by Crippen LogP contribution is -2.31. The molecule has 1 aliphatic carbocycles. The van der Waals surface area contributed by atoms with Gasteiger partial charge in [-0.25, -0.2) is 4.98 Å². The zero-order valence-corrected chi connectivity index (χ0v) is 16.9. The minimum absolute atomic E-state index is 0.0104. The molecule has 150 valence electrons. The van der Waals surface area contributed by atoms with Gasteiger partial charge in [-0.15, -0.1) is 0 Å². The Hall–Kier alpha value is -2.38. The zero-order valence-electron chi connectivity index (χ0n) is 15.4. The quantitative estimate of drug-likeness (QED) is 0.726. The van der Waals surface area contributed by atoms with E-state index in [1.165, 1.54) is 6.20 Å². The van der Waals surface area contributed by atoms with Crippen LogP contribution in [0.3, 0.4) is 0 Å². The molecule has 0 unspecified atom stereocenters. The Bertz CT molecular complexity index is 794. The highest BCUT2D eigenvalue weighted by Crippen LogP contribution is 2.31.